The zero-order chi connectivity index (χ0) is 13.6. The van der Waals surface area contributed by atoms with Gasteiger partial charge in [0.15, 0.2) is 5.96 Å². The molecule has 0 aromatic rings. The van der Waals surface area contributed by atoms with Crippen molar-refractivity contribution in [1.29, 1.82) is 0 Å². The van der Waals surface area contributed by atoms with E-state index in [1.807, 2.05) is 4.90 Å². The van der Waals surface area contributed by atoms with Crippen LogP contribution in [0.15, 0.2) is 4.99 Å². The van der Waals surface area contributed by atoms with Gasteiger partial charge in [-0.1, -0.05) is 6.92 Å². The maximum Gasteiger partial charge on any atom is 0.389 e. The molecule has 1 unspecified atom stereocenters. The van der Waals surface area contributed by atoms with Gasteiger partial charge in [0.2, 0.25) is 0 Å². The van der Waals surface area contributed by atoms with Crippen LogP contribution in [0.2, 0.25) is 0 Å². The Morgan fingerprint density at radius 2 is 2.05 bits per heavy atom. The van der Waals surface area contributed by atoms with Crippen molar-refractivity contribution in [2.45, 2.75) is 45.2 Å². The fourth-order valence-corrected chi connectivity index (χ4v) is 2.13. The van der Waals surface area contributed by atoms with E-state index in [4.69, 9.17) is 5.73 Å². The van der Waals surface area contributed by atoms with E-state index >= 15 is 0 Å². The van der Waals surface area contributed by atoms with Crippen LogP contribution in [0, 0.1) is 5.92 Å². The highest BCUT2D eigenvalue weighted by Crippen LogP contribution is 2.22. The number of unbranched alkanes of at least 4 members (excludes halogenated alkanes) is 1. The molecule has 0 radical (unpaired) electrons. The van der Waals surface area contributed by atoms with Crippen molar-refractivity contribution in [3.05, 3.63) is 0 Å². The standard InChI is InChI=1S/C12H22F3N3.HI/c1-10-5-4-8-18(9-10)11(16)17-7-3-2-6-12(13,14)15;/h10H,2-9H2,1H3,(H2,16,17);1H. The summed E-state index contributed by atoms with van der Waals surface area (Å²) in [6.07, 6.45) is -1.93. The van der Waals surface area contributed by atoms with Gasteiger partial charge in [-0.25, -0.2) is 0 Å². The summed E-state index contributed by atoms with van der Waals surface area (Å²) in [4.78, 5) is 6.18. The molecule has 0 saturated carbocycles. The van der Waals surface area contributed by atoms with Gasteiger partial charge in [-0.3, -0.25) is 4.99 Å². The minimum absolute atomic E-state index is 0. The number of aliphatic imine (C=N–C) groups is 1. The number of hydrogen-bond acceptors (Lipinski definition) is 1. The lowest BCUT2D eigenvalue weighted by Crippen LogP contribution is -2.43. The van der Waals surface area contributed by atoms with E-state index in [9.17, 15) is 13.2 Å². The van der Waals surface area contributed by atoms with E-state index in [2.05, 4.69) is 11.9 Å². The number of guanidine groups is 1. The van der Waals surface area contributed by atoms with Gasteiger partial charge in [0.25, 0.3) is 0 Å². The molecular weight excluding hydrogens is 370 g/mol. The zero-order valence-electron chi connectivity index (χ0n) is 11.2. The first-order chi connectivity index (χ1) is 8.38. The number of rotatable bonds is 4. The molecule has 0 aromatic carbocycles. The van der Waals surface area contributed by atoms with Gasteiger partial charge in [0.1, 0.15) is 0 Å². The van der Waals surface area contributed by atoms with Crippen LogP contribution in [-0.2, 0) is 0 Å². The second-order valence-electron chi connectivity index (χ2n) is 5.01. The fourth-order valence-electron chi connectivity index (χ4n) is 2.13. The molecule has 1 fully saturated rings. The molecular formula is C12H23F3IN3. The number of piperidine rings is 1. The molecule has 1 rings (SSSR count). The maximum absolute atomic E-state index is 11.9. The second-order valence-corrected chi connectivity index (χ2v) is 5.01. The number of hydrogen-bond donors (Lipinski definition) is 1. The summed E-state index contributed by atoms with van der Waals surface area (Å²) in [6, 6.07) is 0. The molecule has 0 bridgehead atoms. The molecule has 0 spiro atoms. The van der Waals surface area contributed by atoms with Crippen molar-refractivity contribution in [2.75, 3.05) is 19.6 Å². The van der Waals surface area contributed by atoms with Gasteiger partial charge in [-0.15, -0.1) is 24.0 Å². The first kappa shape index (κ1) is 18.8. The Labute approximate surface area is 129 Å². The highest BCUT2D eigenvalue weighted by molar-refractivity contribution is 14.0. The first-order valence-electron chi connectivity index (χ1n) is 6.50. The van der Waals surface area contributed by atoms with Gasteiger partial charge in [-0.05, 0) is 31.6 Å². The van der Waals surface area contributed by atoms with Crippen molar-refractivity contribution >= 4 is 29.9 Å². The normalized spacial score (nSPS) is 21.2. The Hall–Kier alpha value is -0.210. The van der Waals surface area contributed by atoms with E-state index in [1.165, 1.54) is 6.42 Å². The highest BCUT2D eigenvalue weighted by Gasteiger charge is 2.25. The first-order valence-corrected chi connectivity index (χ1v) is 6.50. The predicted octanol–water partition coefficient (Wildman–Crippen LogP) is 3.38. The quantitative estimate of drug-likeness (QED) is 0.344. The molecule has 0 amide bonds. The van der Waals surface area contributed by atoms with Crippen molar-refractivity contribution in [1.82, 2.24) is 4.90 Å². The third-order valence-electron chi connectivity index (χ3n) is 3.12. The third-order valence-corrected chi connectivity index (χ3v) is 3.12. The van der Waals surface area contributed by atoms with Crippen molar-refractivity contribution in [2.24, 2.45) is 16.6 Å². The smallest absolute Gasteiger partial charge is 0.370 e. The fraction of sp³-hybridized carbons (Fsp3) is 0.917. The van der Waals surface area contributed by atoms with Gasteiger partial charge in [0.05, 0.1) is 0 Å². The molecule has 0 aromatic heterocycles. The van der Waals surface area contributed by atoms with E-state index in [0.717, 1.165) is 19.5 Å². The van der Waals surface area contributed by atoms with Crippen LogP contribution in [0.1, 0.15) is 39.0 Å². The average molecular weight is 393 g/mol. The maximum atomic E-state index is 11.9. The second kappa shape index (κ2) is 8.86. The minimum atomic E-state index is -4.06. The highest BCUT2D eigenvalue weighted by atomic mass is 127. The molecule has 19 heavy (non-hydrogen) atoms. The predicted molar refractivity (Wildman–Crippen MR) is 81.8 cm³/mol. The molecule has 1 aliphatic heterocycles. The molecule has 114 valence electrons. The third kappa shape index (κ3) is 8.54. The van der Waals surface area contributed by atoms with E-state index < -0.39 is 12.6 Å². The Bertz CT molecular complexity index is 282. The molecule has 7 heteroatoms. The molecule has 1 atom stereocenters. The summed E-state index contributed by atoms with van der Waals surface area (Å²) >= 11 is 0. The van der Waals surface area contributed by atoms with Gasteiger partial charge in [-0.2, -0.15) is 13.2 Å². The lowest BCUT2D eigenvalue weighted by Gasteiger charge is -2.31. The van der Waals surface area contributed by atoms with Crippen molar-refractivity contribution < 1.29 is 13.2 Å². The van der Waals surface area contributed by atoms with Crippen LogP contribution in [0.3, 0.4) is 0 Å². The molecule has 1 saturated heterocycles. The van der Waals surface area contributed by atoms with Gasteiger partial charge >= 0.3 is 6.18 Å². The Kier molecular flexibility index (Phi) is 8.76. The number of nitrogens with two attached hydrogens (primary N) is 1. The number of halogens is 4. The van der Waals surface area contributed by atoms with Crippen LogP contribution < -0.4 is 5.73 Å². The molecule has 1 aliphatic rings. The minimum Gasteiger partial charge on any atom is -0.370 e. The van der Waals surface area contributed by atoms with Crippen LogP contribution >= 0.6 is 24.0 Å². The summed E-state index contributed by atoms with van der Waals surface area (Å²) in [5.41, 5.74) is 5.83. The molecule has 0 aliphatic carbocycles. The SMILES string of the molecule is CC1CCCN(C(N)=NCCCCC(F)(F)F)C1.I. The van der Waals surface area contributed by atoms with Crippen LogP contribution in [-0.4, -0.2) is 36.7 Å². The number of nitrogens with zero attached hydrogens (tertiary/aromatic N) is 2. The molecule has 2 N–H and O–H groups in total. The summed E-state index contributed by atoms with van der Waals surface area (Å²) in [5, 5.41) is 0. The molecule has 3 nitrogen and oxygen atoms in total. The summed E-state index contributed by atoms with van der Waals surface area (Å²) in [5.74, 6) is 1.09. The van der Waals surface area contributed by atoms with Crippen LogP contribution in [0.4, 0.5) is 13.2 Å². The van der Waals surface area contributed by atoms with Crippen LogP contribution in [0.5, 0.6) is 0 Å². The summed E-state index contributed by atoms with van der Waals surface area (Å²) < 4.78 is 35.7. The van der Waals surface area contributed by atoms with Gasteiger partial charge in [0, 0.05) is 26.1 Å². The number of likely N-dealkylation sites (tertiary alicyclic amines) is 1. The van der Waals surface area contributed by atoms with E-state index in [0.29, 0.717) is 24.8 Å². The van der Waals surface area contributed by atoms with Crippen LogP contribution in [0.25, 0.3) is 0 Å². The van der Waals surface area contributed by atoms with Gasteiger partial charge < -0.3 is 10.6 Å². The monoisotopic (exact) mass is 393 g/mol. The van der Waals surface area contributed by atoms with E-state index in [-0.39, 0.29) is 30.4 Å². The Balaban J connectivity index is 0.00000324. The van der Waals surface area contributed by atoms with E-state index in [1.54, 1.807) is 0 Å². The average Bonchev–Trinajstić information content (AvgIpc) is 2.26. The lowest BCUT2D eigenvalue weighted by atomic mass is 10.0. The number of alkyl halides is 3. The van der Waals surface area contributed by atoms with Crippen molar-refractivity contribution in [3.8, 4) is 0 Å². The summed E-state index contributed by atoms with van der Waals surface area (Å²) in [6.45, 7) is 4.36. The Morgan fingerprint density at radius 3 is 2.63 bits per heavy atom. The lowest BCUT2D eigenvalue weighted by molar-refractivity contribution is -0.135. The largest absolute Gasteiger partial charge is 0.389 e. The topological polar surface area (TPSA) is 41.6 Å². The zero-order valence-corrected chi connectivity index (χ0v) is 13.6. The van der Waals surface area contributed by atoms with Crippen molar-refractivity contribution in [3.63, 3.8) is 0 Å². The Morgan fingerprint density at radius 1 is 1.37 bits per heavy atom. The summed E-state index contributed by atoms with van der Waals surface area (Å²) in [7, 11) is 0. The molecule has 1 heterocycles.